The Hall–Kier alpha value is -2.43. The minimum atomic E-state index is -0.712. The minimum absolute atomic E-state index is 0.590. The highest BCUT2D eigenvalue weighted by Crippen LogP contribution is 2.25. The van der Waals surface area contributed by atoms with E-state index in [1.165, 1.54) is 6.33 Å². The average Bonchev–Trinajstić information content (AvgIpc) is 3.09. The first-order valence-electron chi connectivity index (χ1n) is 7.24. The van der Waals surface area contributed by atoms with Crippen LogP contribution >= 0.6 is 11.6 Å². The summed E-state index contributed by atoms with van der Waals surface area (Å²) in [4.78, 5) is 3.93. The SMILES string of the molecule is OC(/C(=C/n1cncn1)Cc1ccc(Cl)cc1)c1ccccc1. The molecule has 1 unspecified atom stereocenters. The molecule has 0 spiro atoms. The lowest BCUT2D eigenvalue weighted by molar-refractivity contribution is 0.213. The van der Waals surface area contributed by atoms with Gasteiger partial charge in [0.2, 0.25) is 0 Å². The quantitative estimate of drug-likeness (QED) is 0.777. The van der Waals surface area contributed by atoms with Gasteiger partial charge in [0.1, 0.15) is 18.8 Å². The molecular weight excluding hydrogens is 310 g/mol. The second kappa shape index (κ2) is 7.22. The molecule has 0 fully saturated rings. The van der Waals surface area contributed by atoms with E-state index in [0.717, 1.165) is 16.7 Å². The van der Waals surface area contributed by atoms with Crippen molar-refractivity contribution in [1.82, 2.24) is 14.8 Å². The zero-order valence-corrected chi connectivity index (χ0v) is 13.1. The molecule has 2 aromatic carbocycles. The average molecular weight is 326 g/mol. The van der Waals surface area contributed by atoms with Crippen LogP contribution in [0.1, 0.15) is 17.2 Å². The number of benzene rings is 2. The first-order chi connectivity index (χ1) is 11.2. The van der Waals surface area contributed by atoms with E-state index in [-0.39, 0.29) is 0 Å². The fourth-order valence-corrected chi connectivity index (χ4v) is 2.48. The number of aromatic nitrogens is 3. The van der Waals surface area contributed by atoms with Crippen LogP contribution < -0.4 is 0 Å². The van der Waals surface area contributed by atoms with Gasteiger partial charge in [0.15, 0.2) is 0 Å². The molecule has 23 heavy (non-hydrogen) atoms. The molecule has 4 nitrogen and oxygen atoms in total. The van der Waals surface area contributed by atoms with Crippen molar-refractivity contribution < 1.29 is 5.11 Å². The largest absolute Gasteiger partial charge is 0.384 e. The van der Waals surface area contributed by atoms with Crippen LogP contribution in [-0.4, -0.2) is 19.9 Å². The lowest BCUT2D eigenvalue weighted by Gasteiger charge is -2.16. The Labute approximate surface area is 139 Å². The number of hydrogen-bond donors (Lipinski definition) is 1. The minimum Gasteiger partial charge on any atom is -0.384 e. The third-order valence-electron chi connectivity index (χ3n) is 3.52. The summed E-state index contributed by atoms with van der Waals surface area (Å²) in [5.74, 6) is 0. The number of aliphatic hydroxyl groups is 1. The molecule has 0 aliphatic carbocycles. The van der Waals surface area contributed by atoms with Crippen LogP contribution in [0.2, 0.25) is 5.02 Å². The molecule has 1 heterocycles. The van der Waals surface area contributed by atoms with Crippen molar-refractivity contribution in [3.63, 3.8) is 0 Å². The van der Waals surface area contributed by atoms with E-state index in [2.05, 4.69) is 10.1 Å². The number of rotatable bonds is 5. The van der Waals surface area contributed by atoms with Crippen molar-refractivity contribution in [2.75, 3.05) is 0 Å². The Morgan fingerprint density at radius 2 is 1.87 bits per heavy atom. The van der Waals surface area contributed by atoms with Crippen LogP contribution in [0.5, 0.6) is 0 Å². The summed E-state index contributed by atoms with van der Waals surface area (Å²) in [5.41, 5.74) is 2.73. The highest BCUT2D eigenvalue weighted by molar-refractivity contribution is 6.30. The molecule has 1 N–H and O–H groups in total. The van der Waals surface area contributed by atoms with Gasteiger partial charge in [0.25, 0.3) is 0 Å². The maximum Gasteiger partial charge on any atom is 0.138 e. The molecule has 3 rings (SSSR count). The first-order valence-corrected chi connectivity index (χ1v) is 7.62. The van der Waals surface area contributed by atoms with Gasteiger partial charge in [-0.2, -0.15) is 5.10 Å². The van der Waals surface area contributed by atoms with E-state index >= 15 is 0 Å². The van der Waals surface area contributed by atoms with Gasteiger partial charge in [0, 0.05) is 11.2 Å². The normalized spacial score (nSPS) is 13.0. The summed E-state index contributed by atoms with van der Waals surface area (Å²) in [7, 11) is 0. The predicted molar refractivity (Wildman–Crippen MR) is 90.9 cm³/mol. The monoisotopic (exact) mass is 325 g/mol. The van der Waals surface area contributed by atoms with E-state index in [0.29, 0.717) is 11.4 Å². The van der Waals surface area contributed by atoms with Crippen LogP contribution in [0.15, 0.2) is 72.8 Å². The third-order valence-corrected chi connectivity index (χ3v) is 3.77. The van der Waals surface area contributed by atoms with E-state index in [1.54, 1.807) is 17.2 Å². The Bertz CT molecular complexity index is 768. The number of nitrogens with zero attached hydrogens (tertiary/aromatic N) is 3. The Morgan fingerprint density at radius 3 is 2.52 bits per heavy atom. The van der Waals surface area contributed by atoms with Gasteiger partial charge in [-0.15, -0.1) is 0 Å². The zero-order valence-electron chi connectivity index (χ0n) is 12.4. The molecule has 0 bridgehead atoms. The molecule has 5 heteroatoms. The standard InChI is InChI=1S/C18H16ClN3O/c19-17-8-6-14(7-9-17)10-16(11-22-13-20-12-21-22)18(23)15-4-2-1-3-5-15/h1-9,11-13,18,23H,10H2/b16-11+. The Kier molecular flexibility index (Phi) is 4.86. The van der Waals surface area contributed by atoms with Gasteiger partial charge in [-0.3, -0.25) is 0 Å². The van der Waals surface area contributed by atoms with Crippen LogP contribution in [0.25, 0.3) is 6.20 Å². The van der Waals surface area contributed by atoms with Gasteiger partial charge < -0.3 is 5.11 Å². The van der Waals surface area contributed by atoms with Gasteiger partial charge in [-0.25, -0.2) is 9.67 Å². The number of halogens is 1. The molecule has 116 valence electrons. The Balaban J connectivity index is 1.92. The van der Waals surface area contributed by atoms with Crippen LogP contribution in [0.4, 0.5) is 0 Å². The van der Waals surface area contributed by atoms with E-state index in [1.807, 2.05) is 54.6 Å². The van der Waals surface area contributed by atoms with Crippen molar-refractivity contribution >= 4 is 17.8 Å². The summed E-state index contributed by atoms with van der Waals surface area (Å²) in [6, 6.07) is 17.2. The maximum absolute atomic E-state index is 10.7. The summed E-state index contributed by atoms with van der Waals surface area (Å²) in [6.07, 6.45) is 4.74. The second-order valence-electron chi connectivity index (χ2n) is 5.20. The van der Waals surface area contributed by atoms with Gasteiger partial charge >= 0.3 is 0 Å². The molecule has 0 radical (unpaired) electrons. The van der Waals surface area contributed by atoms with Crippen molar-refractivity contribution in [3.8, 4) is 0 Å². The van der Waals surface area contributed by atoms with Gasteiger partial charge in [0.05, 0.1) is 0 Å². The highest BCUT2D eigenvalue weighted by Gasteiger charge is 2.14. The molecule has 1 aromatic heterocycles. The number of aliphatic hydroxyl groups excluding tert-OH is 1. The summed E-state index contributed by atoms with van der Waals surface area (Å²) < 4.78 is 1.59. The van der Waals surface area contributed by atoms with E-state index < -0.39 is 6.10 Å². The molecule has 0 amide bonds. The molecule has 1 atom stereocenters. The molecule has 0 aliphatic heterocycles. The van der Waals surface area contributed by atoms with Crippen LogP contribution in [-0.2, 0) is 6.42 Å². The summed E-state index contributed by atoms with van der Waals surface area (Å²) in [6.45, 7) is 0. The summed E-state index contributed by atoms with van der Waals surface area (Å²) >= 11 is 5.94. The molecule has 0 aliphatic rings. The molecule has 0 saturated heterocycles. The van der Waals surface area contributed by atoms with Crippen LogP contribution in [0.3, 0.4) is 0 Å². The topological polar surface area (TPSA) is 50.9 Å². The number of hydrogen-bond acceptors (Lipinski definition) is 3. The van der Waals surface area contributed by atoms with Crippen molar-refractivity contribution in [2.24, 2.45) is 0 Å². The zero-order chi connectivity index (χ0) is 16.1. The highest BCUT2D eigenvalue weighted by atomic mass is 35.5. The maximum atomic E-state index is 10.7. The molecule has 3 aromatic rings. The van der Waals surface area contributed by atoms with Crippen molar-refractivity contribution in [3.05, 3.63) is 89.0 Å². The lowest BCUT2D eigenvalue weighted by atomic mass is 9.96. The smallest absolute Gasteiger partial charge is 0.138 e. The fraction of sp³-hybridized carbons (Fsp3) is 0.111. The second-order valence-corrected chi connectivity index (χ2v) is 5.63. The molecular formula is C18H16ClN3O. The predicted octanol–water partition coefficient (Wildman–Crippen LogP) is 3.75. The van der Waals surface area contributed by atoms with Crippen molar-refractivity contribution in [2.45, 2.75) is 12.5 Å². The lowest BCUT2D eigenvalue weighted by Crippen LogP contribution is -2.06. The van der Waals surface area contributed by atoms with Gasteiger partial charge in [-0.1, -0.05) is 54.1 Å². The Morgan fingerprint density at radius 1 is 1.13 bits per heavy atom. The summed E-state index contributed by atoms with van der Waals surface area (Å²) in [5, 5.41) is 15.5. The van der Waals surface area contributed by atoms with E-state index in [4.69, 9.17) is 11.6 Å². The fourth-order valence-electron chi connectivity index (χ4n) is 2.35. The first kappa shape index (κ1) is 15.5. The van der Waals surface area contributed by atoms with Crippen LogP contribution in [0, 0.1) is 0 Å². The van der Waals surface area contributed by atoms with Crippen molar-refractivity contribution in [1.29, 1.82) is 0 Å². The van der Waals surface area contributed by atoms with Gasteiger partial charge in [-0.05, 0) is 35.3 Å². The van der Waals surface area contributed by atoms with E-state index in [9.17, 15) is 5.11 Å². The molecule has 0 saturated carbocycles. The third kappa shape index (κ3) is 4.06.